The normalized spacial score (nSPS) is 15.3. The first-order valence-electron chi connectivity index (χ1n) is 10.3. The smallest absolute Gasteiger partial charge is 0.264 e. The van der Waals surface area contributed by atoms with Crippen LogP contribution in [0.2, 0.25) is 0 Å². The molecule has 1 heterocycles. The predicted octanol–water partition coefficient (Wildman–Crippen LogP) is 5.30. The molecular formula is C26H24N2O3S. The van der Waals surface area contributed by atoms with E-state index < -0.39 is 0 Å². The average Bonchev–Trinajstić information content (AvgIpc) is 2.83. The van der Waals surface area contributed by atoms with E-state index in [1.54, 1.807) is 31.2 Å². The number of nitrogens with one attached hydrogen (secondary N) is 1. The predicted molar refractivity (Wildman–Crippen MR) is 129 cm³/mol. The summed E-state index contributed by atoms with van der Waals surface area (Å²) in [6.45, 7) is 1.95. The summed E-state index contributed by atoms with van der Waals surface area (Å²) in [7, 11) is 3.34. The van der Waals surface area contributed by atoms with Crippen LogP contribution < -0.4 is 15.0 Å². The van der Waals surface area contributed by atoms with Crippen molar-refractivity contribution in [1.29, 1.82) is 0 Å². The van der Waals surface area contributed by atoms with Gasteiger partial charge in [-0.3, -0.25) is 9.59 Å². The zero-order valence-electron chi connectivity index (χ0n) is 18.2. The zero-order valence-corrected chi connectivity index (χ0v) is 19.0. The highest BCUT2D eigenvalue weighted by Crippen LogP contribution is 2.42. The van der Waals surface area contributed by atoms with E-state index in [1.165, 1.54) is 11.8 Å². The Hall–Kier alpha value is -3.51. The number of hydrogen-bond acceptors (Lipinski definition) is 4. The van der Waals surface area contributed by atoms with Gasteiger partial charge in [0.25, 0.3) is 11.8 Å². The lowest BCUT2D eigenvalue weighted by molar-refractivity contribution is -0.114. The first-order valence-corrected chi connectivity index (χ1v) is 11.1. The van der Waals surface area contributed by atoms with Crippen LogP contribution in [0.5, 0.6) is 5.75 Å². The molecule has 0 spiro atoms. The first-order chi connectivity index (χ1) is 15.5. The number of ether oxygens (including phenoxy) is 1. The molecule has 0 aliphatic carbocycles. The lowest BCUT2D eigenvalue weighted by atomic mass is 10.1. The van der Waals surface area contributed by atoms with E-state index in [4.69, 9.17) is 4.74 Å². The summed E-state index contributed by atoms with van der Waals surface area (Å²) in [4.78, 5) is 29.0. The van der Waals surface area contributed by atoms with Gasteiger partial charge in [0.05, 0.1) is 23.7 Å². The van der Waals surface area contributed by atoms with Crippen LogP contribution >= 0.6 is 11.8 Å². The van der Waals surface area contributed by atoms with Crippen molar-refractivity contribution < 1.29 is 14.3 Å². The number of para-hydroxylation sites is 1. The average molecular weight is 445 g/mol. The summed E-state index contributed by atoms with van der Waals surface area (Å²) in [6, 6.07) is 22.7. The standard InChI is InChI=1S/C26H24N2O3S/c1-17(18-9-5-4-6-10-18)27-25(29)20-13-14-23-21(15-20)28(2)26(30)24(32-23)16-19-11-7-8-12-22(19)31-3/h4-17H,1-3H3,(H,27,29)/b24-16+/t17-/m0/s1. The van der Waals surface area contributed by atoms with Crippen molar-refractivity contribution in [3.8, 4) is 5.75 Å². The number of carbonyl (C=O) groups is 2. The van der Waals surface area contributed by atoms with Crippen LogP contribution in [0.15, 0.2) is 82.6 Å². The van der Waals surface area contributed by atoms with Crippen LogP contribution in [0.25, 0.3) is 6.08 Å². The number of hydrogen-bond donors (Lipinski definition) is 1. The molecule has 162 valence electrons. The van der Waals surface area contributed by atoms with Gasteiger partial charge in [0.15, 0.2) is 0 Å². The molecule has 1 atom stereocenters. The molecule has 32 heavy (non-hydrogen) atoms. The minimum atomic E-state index is -0.176. The van der Waals surface area contributed by atoms with Gasteiger partial charge in [-0.2, -0.15) is 0 Å². The SMILES string of the molecule is COc1ccccc1/C=C1/Sc2ccc(C(=O)N[C@@H](C)c3ccccc3)cc2N(C)C1=O. The van der Waals surface area contributed by atoms with Gasteiger partial charge in [-0.1, -0.05) is 60.3 Å². The molecule has 0 fully saturated rings. The van der Waals surface area contributed by atoms with E-state index in [-0.39, 0.29) is 17.9 Å². The Morgan fingerprint density at radius 1 is 1.06 bits per heavy atom. The maximum absolute atomic E-state index is 13.0. The Balaban J connectivity index is 1.58. The highest BCUT2D eigenvalue weighted by atomic mass is 32.2. The second-order valence-electron chi connectivity index (χ2n) is 7.51. The van der Waals surface area contributed by atoms with Gasteiger partial charge in [0, 0.05) is 23.1 Å². The summed E-state index contributed by atoms with van der Waals surface area (Å²) < 4.78 is 5.40. The van der Waals surface area contributed by atoms with Gasteiger partial charge in [-0.25, -0.2) is 0 Å². The largest absolute Gasteiger partial charge is 0.496 e. The van der Waals surface area contributed by atoms with E-state index in [1.807, 2.05) is 73.7 Å². The fourth-order valence-corrected chi connectivity index (χ4v) is 4.65. The Labute approximate surface area is 192 Å². The van der Waals surface area contributed by atoms with Gasteiger partial charge >= 0.3 is 0 Å². The van der Waals surface area contributed by atoms with Crippen LogP contribution in [0, 0.1) is 0 Å². The quantitative estimate of drug-likeness (QED) is 0.543. The van der Waals surface area contributed by atoms with Crippen molar-refractivity contribution in [3.63, 3.8) is 0 Å². The van der Waals surface area contributed by atoms with E-state index in [2.05, 4.69) is 5.32 Å². The highest BCUT2D eigenvalue weighted by Gasteiger charge is 2.28. The van der Waals surface area contributed by atoms with E-state index in [0.717, 1.165) is 21.7 Å². The van der Waals surface area contributed by atoms with Crippen molar-refractivity contribution >= 4 is 35.3 Å². The molecule has 3 aromatic rings. The van der Waals surface area contributed by atoms with Crippen LogP contribution in [-0.4, -0.2) is 26.0 Å². The van der Waals surface area contributed by atoms with Gasteiger partial charge in [0.2, 0.25) is 0 Å². The van der Waals surface area contributed by atoms with Gasteiger partial charge in [-0.05, 0) is 42.8 Å². The van der Waals surface area contributed by atoms with Crippen molar-refractivity contribution in [1.82, 2.24) is 5.32 Å². The number of benzene rings is 3. The Morgan fingerprint density at radius 3 is 2.53 bits per heavy atom. The number of amides is 2. The number of anilines is 1. The number of methoxy groups -OCH3 is 1. The number of likely N-dealkylation sites (N-methyl/N-ethyl adjacent to an activating group) is 1. The Bertz CT molecular complexity index is 1190. The van der Waals surface area contributed by atoms with E-state index in [9.17, 15) is 9.59 Å². The molecule has 0 unspecified atom stereocenters. The molecule has 3 aromatic carbocycles. The monoisotopic (exact) mass is 444 g/mol. The lowest BCUT2D eigenvalue weighted by Gasteiger charge is -2.27. The van der Waals surface area contributed by atoms with Crippen molar-refractivity contribution in [2.45, 2.75) is 17.9 Å². The molecule has 6 heteroatoms. The Morgan fingerprint density at radius 2 is 1.78 bits per heavy atom. The molecule has 4 rings (SSSR count). The number of carbonyl (C=O) groups excluding carboxylic acids is 2. The van der Waals surface area contributed by atoms with Crippen molar-refractivity contribution in [2.75, 3.05) is 19.1 Å². The first kappa shape index (κ1) is 21.7. The fourth-order valence-electron chi connectivity index (χ4n) is 3.57. The Kier molecular flexibility index (Phi) is 6.32. The lowest BCUT2D eigenvalue weighted by Crippen LogP contribution is -2.31. The molecule has 1 aliphatic rings. The van der Waals surface area contributed by atoms with Crippen LogP contribution in [0.3, 0.4) is 0 Å². The molecule has 0 aromatic heterocycles. The summed E-state index contributed by atoms with van der Waals surface area (Å²) in [5.74, 6) is 0.412. The number of thioether (sulfide) groups is 1. The minimum Gasteiger partial charge on any atom is -0.496 e. The van der Waals surface area contributed by atoms with Gasteiger partial charge in [-0.15, -0.1) is 0 Å². The number of nitrogens with zero attached hydrogens (tertiary/aromatic N) is 1. The maximum Gasteiger partial charge on any atom is 0.264 e. The fraction of sp³-hybridized carbons (Fsp3) is 0.154. The van der Waals surface area contributed by atoms with Crippen LogP contribution in [0.4, 0.5) is 5.69 Å². The van der Waals surface area contributed by atoms with Crippen molar-refractivity contribution in [3.05, 3.63) is 94.4 Å². The second-order valence-corrected chi connectivity index (χ2v) is 8.59. The molecule has 1 aliphatic heterocycles. The summed E-state index contributed by atoms with van der Waals surface area (Å²) in [5, 5.41) is 3.02. The summed E-state index contributed by atoms with van der Waals surface area (Å²) >= 11 is 1.40. The maximum atomic E-state index is 13.0. The molecule has 5 nitrogen and oxygen atoms in total. The van der Waals surface area contributed by atoms with E-state index >= 15 is 0 Å². The molecule has 0 bridgehead atoms. The molecule has 0 radical (unpaired) electrons. The third-order valence-corrected chi connectivity index (χ3v) is 6.47. The van der Waals surface area contributed by atoms with Crippen LogP contribution in [0.1, 0.15) is 34.5 Å². The van der Waals surface area contributed by atoms with Gasteiger partial charge < -0.3 is 15.0 Å². The van der Waals surface area contributed by atoms with Crippen molar-refractivity contribution in [2.24, 2.45) is 0 Å². The molecule has 0 saturated heterocycles. The minimum absolute atomic E-state index is 0.121. The third-order valence-electron chi connectivity index (χ3n) is 5.39. The number of fused-ring (bicyclic) bond motifs is 1. The summed E-state index contributed by atoms with van der Waals surface area (Å²) in [5.41, 5.74) is 3.11. The second kappa shape index (κ2) is 9.32. The summed E-state index contributed by atoms with van der Waals surface area (Å²) in [6.07, 6.45) is 1.84. The molecular weight excluding hydrogens is 420 g/mol. The molecule has 0 saturated carbocycles. The third kappa shape index (κ3) is 4.41. The highest BCUT2D eigenvalue weighted by molar-refractivity contribution is 8.04. The number of rotatable bonds is 5. The van der Waals surface area contributed by atoms with Crippen LogP contribution in [-0.2, 0) is 4.79 Å². The van der Waals surface area contributed by atoms with E-state index in [0.29, 0.717) is 16.2 Å². The topological polar surface area (TPSA) is 58.6 Å². The molecule has 2 amide bonds. The zero-order chi connectivity index (χ0) is 22.7. The molecule has 1 N–H and O–H groups in total. The van der Waals surface area contributed by atoms with Gasteiger partial charge in [0.1, 0.15) is 5.75 Å².